The van der Waals surface area contributed by atoms with Crippen LogP contribution in [0.15, 0.2) is 0 Å². The van der Waals surface area contributed by atoms with Crippen LogP contribution in [-0.4, -0.2) is 22.1 Å². The van der Waals surface area contributed by atoms with Crippen LogP contribution in [-0.2, 0) is 6.42 Å². The van der Waals surface area contributed by atoms with Gasteiger partial charge < -0.3 is 5.32 Å². The molecule has 1 rings (SSSR count). The minimum atomic E-state index is 0.166. The highest BCUT2D eigenvalue weighted by Crippen LogP contribution is 2.18. The molecule has 0 bridgehead atoms. The van der Waals surface area contributed by atoms with E-state index in [9.17, 15) is 0 Å². The highest BCUT2D eigenvalue weighted by Gasteiger charge is 2.13. The number of aryl methyl sites for hydroxylation is 2. The lowest BCUT2D eigenvalue weighted by Crippen LogP contribution is -2.37. The van der Waals surface area contributed by atoms with Gasteiger partial charge in [-0.3, -0.25) is 0 Å². The molecule has 1 aromatic rings. The molecule has 0 fully saturated rings. The van der Waals surface area contributed by atoms with Crippen LogP contribution in [0.5, 0.6) is 0 Å². The van der Waals surface area contributed by atoms with Crippen LogP contribution in [0.2, 0.25) is 0 Å². The molecular formula is C16H29N3. The fourth-order valence-electron chi connectivity index (χ4n) is 2.09. The molecule has 0 aliphatic carbocycles. The summed E-state index contributed by atoms with van der Waals surface area (Å²) in [5.74, 6) is 1.43. The molecule has 0 saturated heterocycles. The molecule has 1 N–H and O–H groups in total. The van der Waals surface area contributed by atoms with Gasteiger partial charge in [0.05, 0.1) is 0 Å². The third kappa shape index (κ3) is 4.90. The normalized spacial score (nSPS) is 13.6. The molecule has 19 heavy (non-hydrogen) atoms. The predicted octanol–water partition coefficient (Wildman–Crippen LogP) is 3.54. The number of hydrogen-bond donors (Lipinski definition) is 1. The molecule has 3 nitrogen and oxygen atoms in total. The van der Waals surface area contributed by atoms with E-state index in [2.05, 4.69) is 63.8 Å². The van der Waals surface area contributed by atoms with Gasteiger partial charge in [-0.25, -0.2) is 9.97 Å². The standard InChI is InChI=1S/C16H29N3/c1-8-11(2)15-18-12(3)14(13(4)19-15)9-10-17-16(5,6)7/h11,17H,8-10H2,1-7H3. The number of aromatic nitrogens is 2. The fourth-order valence-corrected chi connectivity index (χ4v) is 2.09. The van der Waals surface area contributed by atoms with Crippen molar-refractivity contribution in [1.82, 2.24) is 15.3 Å². The van der Waals surface area contributed by atoms with Crippen LogP contribution < -0.4 is 5.32 Å². The summed E-state index contributed by atoms with van der Waals surface area (Å²) in [5, 5.41) is 3.52. The Morgan fingerprint density at radius 3 is 2.05 bits per heavy atom. The molecule has 0 spiro atoms. The van der Waals surface area contributed by atoms with Crippen molar-refractivity contribution < 1.29 is 0 Å². The fraction of sp³-hybridized carbons (Fsp3) is 0.750. The average molecular weight is 263 g/mol. The minimum absolute atomic E-state index is 0.166. The molecule has 1 atom stereocenters. The lowest BCUT2D eigenvalue weighted by Gasteiger charge is -2.21. The lowest BCUT2D eigenvalue weighted by atomic mass is 10.0. The first-order valence-corrected chi connectivity index (χ1v) is 7.33. The molecule has 1 unspecified atom stereocenters. The van der Waals surface area contributed by atoms with Crippen molar-refractivity contribution >= 4 is 0 Å². The Morgan fingerprint density at radius 2 is 1.63 bits per heavy atom. The Morgan fingerprint density at radius 1 is 1.11 bits per heavy atom. The molecule has 0 amide bonds. The third-order valence-corrected chi connectivity index (χ3v) is 3.52. The zero-order chi connectivity index (χ0) is 14.6. The molecule has 0 aliphatic rings. The van der Waals surface area contributed by atoms with E-state index in [0.717, 1.165) is 36.6 Å². The second kappa shape index (κ2) is 6.47. The molecule has 0 saturated carbocycles. The second-order valence-electron chi connectivity index (χ2n) is 6.47. The van der Waals surface area contributed by atoms with E-state index >= 15 is 0 Å². The largest absolute Gasteiger partial charge is 0.312 e. The van der Waals surface area contributed by atoms with Crippen molar-refractivity contribution in [3.05, 3.63) is 22.8 Å². The van der Waals surface area contributed by atoms with Crippen LogP contribution in [0.3, 0.4) is 0 Å². The van der Waals surface area contributed by atoms with Gasteiger partial charge in [0.2, 0.25) is 0 Å². The number of rotatable bonds is 5. The number of hydrogen-bond acceptors (Lipinski definition) is 3. The predicted molar refractivity (Wildman–Crippen MR) is 81.7 cm³/mol. The molecule has 0 aliphatic heterocycles. The Kier molecular flexibility index (Phi) is 5.48. The first-order chi connectivity index (χ1) is 8.74. The first-order valence-electron chi connectivity index (χ1n) is 7.33. The van der Waals surface area contributed by atoms with E-state index < -0.39 is 0 Å². The maximum Gasteiger partial charge on any atom is 0.131 e. The van der Waals surface area contributed by atoms with Crippen molar-refractivity contribution in [2.24, 2.45) is 0 Å². The molecule has 1 aromatic heterocycles. The van der Waals surface area contributed by atoms with Gasteiger partial charge in [0, 0.05) is 22.8 Å². The zero-order valence-electron chi connectivity index (χ0n) is 13.6. The second-order valence-corrected chi connectivity index (χ2v) is 6.47. The third-order valence-electron chi connectivity index (χ3n) is 3.52. The Bertz CT molecular complexity index is 395. The summed E-state index contributed by atoms with van der Waals surface area (Å²) in [6.07, 6.45) is 2.08. The van der Waals surface area contributed by atoms with Crippen molar-refractivity contribution in [1.29, 1.82) is 0 Å². The highest BCUT2D eigenvalue weighted by atomic mass is 14.9. The summed E-state index contributed by atoms with van der Waals surface area (Å²) in [6, 6.07) is 0. The van der Waals surface area contributed by atoms with E-state index in [0.29, 0.717) is 5.92 Å². The maximum absolute atomic E-state index is 4.68. The van der Waals surface area contributed by atoms with Crippen molar-refractivity contribution in [2.45, 2.75) is 72.8 Å². The van der Waals surface area contributed by atoms with E-state index in [-0.39, 0.29) is 5.54 Å². The highest BCUT2D eigenvalue weighted by molar-refractivity contribution is 5.25. The van der Waals surface area contributed by atoms with Gasteiger partial charge in [0.25, 0.3) is 0 Å². The minimum Gasteiger partial charge on any atom is -0.312 e. The Labute approximate surface area is 118 Å². The Hall–Kier alpha value is -0.960. The van der Waals surface area contributed by atoms with Gasteiger partial charge in [-0.1, -0.05) is 13.8 Å². The molecule has 108 valence electrons. The zero-order valence-corrected chi connectivity index (χ0v) is 13.6. The summed E-state index contributed by atoms with van der Waals surface area (Å²) < 4.78 is 0. The van der Waals surface area contributed by atoms with Gasteiger partial charge in [-0.2, -0.15) is 0 Å². The van der Waals surface area contributed by atoms with Gasteiger partial charge in [-0.15, -0.1) is 0 Å². The Balaban J connectivity index is 2.80. The van der Waals surface area contributed by atoms with Crippen molar-refractivity contribution in [3.8, 4) is 0 Å². The maximum atomic E-state index is 4.68. The molecular weight excluding hydrogens is 234 g/mol. The summed E-state index contributed by atoms with van der Waals surface area (Å²) in [4.78, 5) is 9.36. The van der Waals surface area contributed by atoms with Crippen LogP contribution in [0, 0.1) is 13.8 Å². The van der Waals surface area contributed by atoms with Crippen LogP contribution in [0.25, 0.3) is 0 Å². The number of nitrogens with one attached hydrogen (secondary N) is 1. The van der Waals surface area contributed by atoms with Gasteiger partial charge >= 0.3 is 0 Å². The molecule has 1 heterocycles. The number of nitrogens with zero attached hydrogens (tertiary/aromatic N) is 2. The van der Waals surface area contributed by atoms with E-state index in [1.54, 1.807) is 0 Å². The van der Waals surface area contributed by atoms with Crippen LogP contribution in [0.1, 0.15) is 69.7 Å². The SMILES string of the molecule is CCC(C)c1nc(C)c(CCNC(C)(C)C)c(C)n1. The topological polar surface area (TPSA) is 37.8 Å². The van der Waals surface area contributed by atoms with Crippen molar-refractivity contribution in [2.75, 3.05) is 6.54 Å². The summed E-state index contributed by atoms with van der Waals surface area (Å²) in [6.45, 7) is 16.1. The molecule has 0 aromatic carbocycles. The molecule has 0 radical (unpaired) electrons. The van der Waals surface area contributed by atoms with Gasteiger partial charge in [-0.05, 0) is 59.6 Å². The average Bonchev–Trinajstić information content (AvgIpc) is 2.30. The van der Waals surface area contributed by atoms with E-state index in [1.807, 2.05) is 0 Å². The summed E-state index contributed by atoms with van der Waals surface area (Å²) >= 11 is 0. The summed E-state index contributed by atoms with van der Waals surface area (Å²) in [5.41, 5.74) is 3.74. The quantitative estimate of drug-likeness (QED) is 0.883. The first kappa shape index (κ1) is 16.1. The molecule has 3 heteroatoms. The smallest absolute Gasteiger partial charge is 0.131 e. The van der Waals surface area contributed by atoms with Crippen molar-refractivity contribution in [3.63, 3.8) is 0 Å². The van der Waals surface area contributed by atoms with Gasteiger partial charge in [0.15, 0.2) is 0 Å². The van der Waals surface area contributed by atoms with Crippen LogP contribution >= 0.6 is 0 Å². The summed E-state index contributed by atoms with van der Waals surface area (Å²) in [7, 11) is 0. The van der Waals surface area contributed by atoms with Gasteiger partial charge in [0.1, 0.15) is 5.82 Å². The van der Waals surface area contributed by atoms with Crippen LogP contribution in [0.4, 0.5) is 0 Å². The lowest BCUT2D eigenvalue weighted by molar-refractivity contribution is 0.428. The van der Waals surface area contributed by atoms with E-state index in [1.165, 1.54) is 5.56 Å². The van der Waals surface area contributed by atoms with E-state index in [4.69, 9.17) is 0 Å². The monoisotopic (exact) mass is 263 g/mol.